The number of aryl methyl sites for hydroxylation is 1. The van der Waals surface area contributed by atoms with E-state index in [4.69, 9.17) is 0 Å². The van der Waals surface area contributed by atoms with Gasteiger partial charge in [0.25, 0.3) is 5.56 Å². The maximum Gasteiger partial charge on any atom is 0.275 e. The van der Waals surface area contributed by atoms with Gasteiger partial charge in [-0.3, -0.25) is 4.79 Å². The highest BCUT2D eigenvalue weighted by molar-refractivity contribution is 7.20. The summed E-state index contributed by atoms with van der Waals surface area (Å²) < 4.78 is 1.43. The Morgan fingerprint density at radius 2 is 2.10 bits per heavy atom. The Morgan fingerprint density at radius 1 is 1.38 bits per heavy atom. The van der Waals surface area contributed by atoms with Crippen LogP contribution in [0.15, 0.2) is 10.9 Å². The Balaban J connectivity index is 1.63. The highest BCUT2D eigenvalue weighted by Gasteiger charge is 2.41. The SMILES string of the molecule is CCCc1cc(=O)n2nc(NC(C3CC3)C3CC3)sc2n1. The van der Waals surface area contributed by atoms with E-state index in [9.17, 15) is 4.79 Å². The molecule has 112 valence electrons. The zero-order valence-electron chi connectivity index (χ0n) is 12.2. The second kappa shape index (κ2) is 5.09. The summed E-state index contributed by atoms with van der Waals surface area (Å²) in [7, 11) is 0. The molecule has 0 amide bonds. The molecule has 2 aliphatic rings. The Kier molecular flexibility index (Phi) is 3.21. The molecule has 0 saturated heterocycles. The van der Waals surface area contributed by atoms with Crippen molar-refractivity contribution in [2.24, 2.45) is 11.8 Å². The van der Waals surface area contributed by atoms with Crippen molar-refractivity contribution in [3.05, 3.63) is 22.1 Å². The van der Waals surface area contributed by atoms with Gasteiger partial charge in [-0.25, -0.2) is 4.98 Å². The van der Waals surface area contributed by atoms with E-state index in [1.807, 2.05) is 0 Å². The number of hydrogen-bond acceptors (Lipinski definition) is 5. The van der Waals surface area contributed by atoms with Crippen LogP contribution in [0.3, 0.4) is 0 Å². The van der Waals surface area contributed by atoms with E-state index in [0.717, 1.165) is 35.5 Å². The third kappa shape index (κ3) is 2.69. The van der Waals surface area contributed by atoms with Crippen molar-refractivity contribution in [3.63, 3.8) is 0 Å². The molecule has 0 aliphatic heterocycles. The summed E-state index contributed by atoms with van der Waals surface area (Å²) in [5, 5.41) is 8.85. The normalized spacial score (nSPS) is 18.6. The molecular formula is C15H20N4OS. The molecule has 0 atom stereocenters. The van der Waals surface area contributed by atoms with Gasteiger partial charge in [0.05, 0.1) is 0 Å². The lowest BCUT2D eigenvalue weighted by molar-refractivity contribution is 0.566. The van der Waals surface area contributed by atoms with Crippen molar-refractivity contribution in [1.29, 1.82) is 0 Å². The zero-order valence-corrected chi connectivity index (χ0v) is 13.0. The number of hydrogen-bond donors (Lipinski definition) is 1. The van der Waals surface area contributed by atoms with Gasteiger partial charge in [-0.2, -0.15) is 4.52 Å². The fourth-order valence-electron chi connectivity index (χ4n) is 2.97. The molecule has 0 bridgehead atoms. The van der Waals surface area contributed by atoms with E-state index in [1.165, 1.54) is 41.5 Å². The minimum Gasteiger partial charge on any atom is -0.357 e. The van der Waals surface area contributed by atoms with E-state index < -0.39 is 0 Å². The second-order valence-corrected chi connectivity index (χ2v) is 7.24. The predicted molar refractivity (Wildman–Crippen MR) is 84.0 cm³/mol. The Bertz CT molecular complexity index is 702. The molecule has 4 rings (SSSR count). The summed E-state index contributed by atoms with van der Waals surface area (Å²) in [6.45, 7) is 2.10. The average Bonchev–Trinajstić information content (AvgIpc) is 3.35. The van der Waals surface area contributed by atoms with Crippen LogP contribution < -0.4 is 10.9 Å². The monoisotopic (exact) mass is 304 g/mol. The van der Waals surface area contributed by atoms with Gasteiger partial charge in [-0.1, -0.05) is 24.7 Å². The van der Waals surface area contributed by atoms with Crippen LogP contribution in [0.5, 0.6) is 0 Å². The molecule has 0 radical (unpaired) electrons. The van der Waals surface area contributed by atoms with Gasteiger partial charge in [-0.15, -0.1) is 5.10 Å². The van der Waals surface area contributed by atoms with E-state index in [1.54, 1.807) is 6.07 Å². The van der Waals surface area contributed by atoms with Crippen LogP contribution in [-0.4, -0.2) is 20.6 Å². The van der Waals surface area contributed by atoms with Gasteiger partial charge in [0.1, 0.15) is 0 Å². The lowest BCUT2D eigenvalue weighted by atomic mass is 10.1. The summed E-state index contributed by atoms with van der Waals surface area (Å²) in [4.78, 5) is 17.4. The number of anilines is 1. The molecule has 21 heavy (non-hydrogen) atoms. The molecule has 2 fully saturated rings. The van der Waals surface area contributed by atoms with Crippen LogP contribution in [0.4, 0.5) is 5.13 Å². The van der Waals surface area contributed by atoms with Crippen LogP contribution in [0, 0.1) is 11.8 Å². The Labute approximate surface area is 127 Å². The molecule has 2 aromatic heterocycles. The van der Waals surface area contributed by atoms with Crippen molar-refractivity contribution in [1.82, 2.24) is 14.6 Å². The summed E-state index contributed by atoms with van der Waals surface area (Å²) in [5.41, 5.74) is 0.806. The molecule has 0 aromatic carbocycles. The van der Waals surface area contributed by atoms with Crippen LogP contribution in [-0.2, 0) is 6.42 Å². The highest BCUT2D eigenvalue weighted by Crippen LogP contribution is 2.46. The molecule has 0 unspecified atom stereocenters. The molecule has 2 heterocycles. The third-order valence-electron chi connectivity index (χ3n) is 4.35. The Morgan fingerprint density at radius 3 is 2.71 bits per heavy atom. The maximum atomic E-state index is 12.1. The predicted octanol–water partition coefficient (Wildman–Crippen LogP) is 2.70. The van der Waals surface area contributed by atoms with Crippen molar-refractivity contribution in [2.45, 2.75) is 51.5 Å². The minimum atomic E-state index is -0.0675. The number of nitrogens with zero attached hydrogens (tertiary/aromatic N) is 3. The molecule has 1 N–H and O–H groups in total. The van der Waals surface area contributed by atoms with Crippen LogP contribution in [0.1, 0.15) is 44.7 Å². The van der Waals surface area contributed by atoms with Crippen molar-refractivity contribution >= 4 is 21.4 Å². The van der Waals surface area contributed by atoms with Gasteiger partial charge in [0, 0.05) is 17.8 Å². The Hall–Kier alpha value is -1.43. The van der Waals surface area contributed by atoms with Crippen molar-refractivity contribution in [3.8, 4) is 0 Å². The minimum absolute atomic E-state index is 0.0675. The van der Waals surface area contributed by atoms with Gasteiger partial charge in [0.15, 0.2) is 0 Å². The van der Waals surface area contributed by atoms with E-state index in [0.29, 0.717) is 11.0 Å². The first-order valence-electron chi connectivity index (χ1n) is 7.91. The van der Waals surface area contributed by atoms with E-state index in [2.05, 4.69) is 22.3 Å². The van der Waals surface area contributed by atoms with E-state index in [-0.39, 0.29) is 5.56 Å². The number of fused-ring (bicyclic) bond motifs is 1. The molecule has 2 saturated carbocycles. The number of aromatic nitrogens is 3. The molecule has 6 heteroatoms. The van der Waals surface area contributed by atoms with Crippen LogP contribution >= 0.6 is 11.3 Å². The average molecular weight is 304 g/mol. The fraction of sp³-hybridized carbons (Fsp3) is 0.667. The lowest BCUT2D eigenvalue weighted by Gasteiger charge is -2.15. The highest BCUT2D eigenvalue weighted by atomic mass is 32.1. The van der Waals surface area contributed by atoms with Gasteiger partial charge >= 0.3 is 0 Å². The lowest BCUT2D eigenvalue weighted by Crippen LogP contribution is -2.24. The topological polar surface area (TPSA) is 59.3 Å². The quantitative estimate of drug-likeness (QED) is 0.891. The number of rotatable bonds is 6. The smallest absolute Gasteiger partial charge is 0.275 e. The van der Waals surface area contributed by atoms with Crippen molar-refractivity contribution in [2.75, 3.05) is 5.32 Å². The molecular weight excluding hydrogens is 284 g/mol. The standard InChI is InChI=1S/C15H20N4OS/c1-2-3-11-8-12(20)19-15(16-11)21-14(18-19)17-13(9-4-5-9)10-6-7-10/h8-10,13H,2-7H2,1H3,(H,17,18). The van der Waals surface area contributed by atoms with Gasteiger partial charge in [0.2, 0.25) is 10.1 Å². The van der Waals surface area contributed by atoms with Crippen LogP contribution in [0.25, 0.3) is 4.96 Å². The zero-order chi connectivity index (χ0) is 14.4. The molecule has 2 aromatic rings. The molecule has 5 nitrogen and oxygen atoms in total. The number of nitrogens with one attached hydrogen (secondary N) is 1. The fourth-order valence-corrected chi connectivity index (χ4v) is 3.84. The first kappa shape index (κ1) is 13.2. The molecule has 0 spiro atoms. The third-order valence-corrected chi connectivity index (χ3v) is 5.19. The summed E-state index contributed by atoms with van der Waals surface area (Å²) in [6.07, 6.45) is 7.17. The largest absolute Gasteiger partial charge is 0.357 e. The first-order chi connectivity index (χ1) is 10.2. The van der Waals surface area contributed by atoms with Crippen LogP contribution in [0.2, 0.25) is 0 Å². The van der Waals surface area contributed by atoms with Crippen molar-refractivity contribution < 1.29 is 0 Å². The van der Waals surface area contributed by atoms with Gasteiger partial charge in [-0.05, 0) is 43.9 Å². The molecule has 2 aliphatic carbocycles. The maximum absolute atomic E-state index is 12.1. The first-order valence-corrected chi connectivity index (χ1v) is 8.72. The summed E-state index contributed by atoms with van der Waals surface area (Å²) >= 11 is 1.50. The summed E-state index contributed by atoms with van der Waals surface area (Å²) in [5.74, 6) is 1.62. The van der Waals surface area contributed by atoms with Gasteiger partial charge < -0.3 is 5.32 Å². The summed E-state index contributed by atoms with van der Waals surface area (Å²) in [6, 6.07) is 2.16. The van der Waals surface area contributed by atoms with E-state index >= 15 is 0 Å². The second-order valence-electron chi connectivity index (χ2n) is 6.28.